The highest BCUT2D eigenvalue weighted by Crippen LogP contribution is 2.59. The Morgan fingerprint density at radius 2 is 1.24 bits per heavy atom. The summed E-state index contributed by atoms with van der Waals surface area (Å²) >= 11 is 0. The number of esters is 1. The number of para-hydroxylation sites is 2. The molecule has 0 bridgehead atoms. The van der Waals surface area contributed by atoms with E-state index in [1.54, 1.807) is 13.2 Å². The van der Waals surface area contributed by atoms with Gasteiger partial charge in [-0.15, -0.1) is 0 Å². The smallest absolute Gasteiger partial charge is 0.344 e. The predicted molar refractivity (Wildman–Crippen MR) is 165 cm³/mol. The van der Waals surface area contributed by atoms with E-state index in [1.807, 2.05) is 93.0 Å². The van der Waals surface area contributed by atoms with Gasteiger partial charge >= 0.3 is 5.97 Å². The summed E-state index contributed by atoms with van der Waals surface area (Å²) in [5.74, 6) is 1.29. The molecule has 0 radical (unpaired) electrons. The van der Waals surface area contributed by atoms with Crippen LogP contribution in [0.2, 0.25) is 0 Å². The van der Waals surface area contributed by atoms with E-state index < -0.39 is 11.6 Å². The van der Waals surface area contributed by atoms with Gasteiger partial charge in [-0.3, -0.25) is 0 Å². The summed E-state index contributed by atoms with van der Waals surface area (Å²) in [6, 6.07) is 35.4. The maximum absolute atomic E-state index is 13.6. The zero-order valence-corrected chi connectivity index (χ0v) is 23.5. The third-order valence-corrected chi connectivity index (χ3v) is 7.78. The van der Waals surface area contributed by atoms with Crippen LogP contribution in [0, 0.1) is 0 Å². The van der Waals surface area contributed by atoms with Crippen LogP contribution >= 0.6 is 0 Å². The van der Waals surface area contributed by atoms with Gasteiger partial charge in [-0.1, -0.05) is 36.4 Å². The van der Waals surface area contributed by atoms with E-state index >= 15 is 0 Å². The molecule has 7 heteroatoms. The second-order valence-corrected chi connectivity index (χ2v) is 10.5. The molecule has 2 heterocycles. The number of nitrogens with zero attached hydrogens (tertiary/aromatic N) is 1. The molecule has 2 N–H and O–H groups in total. The Hall–Kier alpha value is -5.43. The topological polar surface area (TPSA) is 72.1 Å². The molecule has 0 saturated heterocycles. The van der Waals surface area contributed by atoms with Crippen LogP contribution in [0.3, 0.4) is 0 Å². The number of hydrogen-bond donors (Lipinski definition) is 2. The second-order valence-electron chi connectivity index (χ2n) is 10.5. The Bertz CT molecular complexity index is 1770. The molecule has 7 rings (SSSR count). The van der Waals surface area contributed by atoms with Crippen LogP contribution in [-0.4, -0.2) is 27.2 Å². The molecule has 0 saturated carbocycles. The van der Waals surface area contributed by atoms with Gasteiger partial charge in [-0.25, -0.2) is 4.79 Å². The lowest BCUT2D eigenvalue weighted by Crippen LogP contribution is -2.33. The van der Waals surface area contributed by atoms with E-state index in [4.69, 9.17) is 14.2 Å². The molecule has 42 heavy (non-hydrogen) atoms. The highest BCUT2D eigenvalue weighted by atomic mass is 16.6. The van der Waals surface area contributed by atoms with Gasteiger partial charge in [0.2, 0.25) is 0 Å². The quantitative estimate of drug-likeness (QED) is 0.207. The van der Waals surface area contributed by atoms with Gasteiger partial charge in [0, 0.05) is 59.2 Å². The summed E-state index contributed by atoms with van der Waals surface area (Å²) in [6.45, 7) is 0. The number of carbonyl (C=O) groups excluding carboxylic acids is 1. The zero-order valence-electron chi connectivity index (χ0n) is 23.5. The van der Waals surface area contributed by atoms with Crippen molar-refractivity contribution < 1.29 is 19.0 Å². The minimum atomic E-state index is -1.21. The first-order valence-corrected chi connectivity index (χ1v) is 13.7. The highest BCUT2D eigenvalue weighted by molar-refractivity contribution is 6.02. The average Bonchev–Trinajstić information content (AvgIpc) is 3.32. The lowest BCUT2D eigenvalue weighted by Gasteiger charge is -2.37. The summed E-state index contributed by atoms with van der Waals surface area (Å²) in [5, 5.41) is 7.01. The van der Waals surface area contributed by atoms with Gasteiger partial charge in [-0.05, 0) is 72.8 Å². The number of nitrogens with one attached hydrogen (secondary N) is 2. The number of rotatable bonds is 6. The van der Waals surface area contributed by atoms with Crippen molar-refractivity contribution in [1.82, 2.24) is 0 Å². The molecule has 2 aliphatic heterocycles. The molecular weight excluding hydrogens is 526 g/mol. The second kappa shape index (κ2) is 9.89. The Morgan fingerprint density at radius 3 is 1.81 bits per heavy atom. The summed E-state index contributed by atoms with van der Waals surface area (Å²) in [5.41, 5.74) is 6.09. The first-order valence-electron chi connectivity index (χ1n) is 13.7. The van der Waals surface area contributed by atoms with Gasteiger partial charge < -0.3 is 29.7 Å². The molecule has 0 aromatic heterocycles. The van der Waals surface area contributed by atoms with E-state index in [0.717, 1.165) is 39.6 Å². The molecule has 0 amide bonds. The maximum atomic E-state index is 13.6. The van der Waals surface area contributed by atoms with E-state index in [0.29, 0.717) is 28.4 Å². The molecule has 7 nitrogen and oxygen atoms in total. The molecule has 0 aliphatic carbocycles. The summed E-state index contributed by atoms with van der Waals surface area (Å²) < 4.78 is 18.3. The van der Waals surface area contributed by atoms with Crippen LogP contribution in [-0.2, 0) is 10.3 Å². The Kier molecular flexibility index (Phi) is 6.01. The molecule has 5 aromatic rings. The minimum Gasteiger partial charge on any atom is -0.496 e. The number of methoxy groups -OCH3 is 1. The number of ether oxygens (including phenoxy) is 3. The zero-order chi connectivity index (χ0) is 28.8. The van der Waals surface area contributed by atoms with E-state index in [-0.39, 0.29) is 0 Å². The fourth-order valence-corrected chi connectivity index (χ4v) is 5.81. The molecule has 1 spiro atoms. The largest absolute Gasteiger partial charge is 0.496 e. The molecule has 2 aliphatic rings. The van der Waals surface area contributed by atoms with Crippen molar-refractivity contribution in [2.75, 3.05) is 36.7 Å². The Balaban J connectivity index is 1.29. The van der Waals surface area contributed by atoms with E-state index in [1.165, 1.54) is 0 Å². The first kappa shape index (κ1) is 25.5. The average molecular weight is 556 g/mol. The standard InChI is InChI=1S/C35H29N3O4/c1-38(2)25-18-16-23(17-19-25)36-22-12-14-24(15-13-22)37-28-20-21-31(40-3)32-33(28)35(42-34(32)39)26-8-4-6-10-29(26)41-30-11-7-5-9-27(30)35/h4-21,36-37H,1-3H3. The van der Waals surface area contributed by atoms with Gasteiger partial charge in [0.15, 0.2) is 5.60 Å². The van der Waals surface area contributed by atoms with E-state index in [9.17, 15) is 4.79 Å². The third kappa shape index (κ3) is 4.01. The number of benzene rings is 5. The highest BCUT2D eigenvalue weighted by Gasteiger charge is 2.55. The molecule has 0 atom stereocenters. The van der Waals surface area contributed by atoms with Crippen molar-refractivity contribution in [2.24, 2.45) is 0 Å². The van der Waals surface area contributed by atoms with Crippen molar-refractivity contribution in [3.63, 3.8) is 0 Å². The van der Waals surface area contributed by atoms with Gasteiger partial charge in [-0.2, -0.15) is 0 Å². The van der Waals surface area contributed by atoms with Crippen LogP contribution in [0.15, 0.2) is 109 Å². The van der Waals surface area contributed by atoms with Crippen LogP contribution in [0.5, 0.6) is 17.2 Å². The van der Waals surface area contributed by atoms with Gasteiger partial charge in [0.25, 0.3) is 0 Å². The van der Waals surface area contributed by atoms with Crippen molar-refractivity contribution in [3.05, 3.63) is 131 Å². The lowest BCUT2D eigenvalue weighted by molar-refractivity contribution is 0.0224. The van der Waals surface area contributed by atoms with Crippen molar-refractivity contribution in [1.29, 1.82) is 0 Å². The fraction of sp³-hybridized carbons (Fsp3) is 0.114. The molecule has 208 valence electrons. The Labute approximate surface area is 244 Å². The van der Waals surface area contributed by atoms with Crippen LogP contribution in [0.1, 0.15) is 27.0 Å². The summed E-state index contributed by atoms with van der Waals surface area (Å²) in [4.78, 5) is 15.7. The number of fused-ring (bicyclic) bond motifs is 6. The van der Waals surface area contributed by atoms with Crippen LogP contribution < -0.4 is 25.0 Å². The van der Waals surface area contributed by atoms with Crippen molar-refractivity contribution in [3.8, 4) is 17.2 Å². The molecule has 0 unspecified atom stereocenters. The normalized spacial score (nSPS) is 13.7. The number of anilines is 5. The van der Waals surface area contributed by atoms with Gasteiger partial charge in [0.1, 0.15) is 22.8 Å². The van der Waals surface area contributed by atoms with Crippen LogP contribution in [0.25, 0.3) is 0 Å². The maximum Gasteiger partial charge on any atom is 0.344 e. The van der Waals surface area contributed by atoms with Crippen LogP contribution in [0.4, 0.5) is 28.4 Å². The third-order valence-electron chi connectivity index (χ3n) is 7.78. The van der Waals surface area contributed by atoms with Crippen molar-refractivity contribution in [2.45, 2.75) is 5.60 Å². The van der Waals surface area contributed by atoms with Gasteiger partial charge in [0.05, 0.1) is 7.11 Å². The molecule has 5 aromatic carbocycles. The monoisotopic (exact) mass is 555 g/mol. The summed E-state index contributed by atoms with van der Waals surface area (Å²) in [6.07, 6.45) is 0. The Morgan fingerprint density at radius 1 is 0.690 bits per heavy atom. The predicted octanol–water partition coefficient (Wildman–Crippen LogP) is 7.82. The van der Waals surface area contributed by atoms with E-state index in [2.05, 4.69) is 39.8 Å². The minimum absolute atomic E-state index is 0.397. The number of carbonyl (C=O) groups is 1. The first-order chi connectivity index (χ1) is 20.5. The summed E-state index contributed by atoms with van der Waals surface area (Å²) in [7, 11) is 5.61. The SMILES string of the molecule is COc1ccc(Nc2ccc(Nc3ccc(N(C)C)cc3)cc2)c2c1C(=O)OC21c2ccccc2Oc2ccccc21. The number of hydrogen-bond acceptors (Lipinski definition) is 7. The van der Waals surface area contributed by atoms with Crippen molar-refractivity contribution >= 4 is 34.4 Å². The molecule has 0 fully saturated rings. The fourth-order valence-electron chi connectivity index (χ4n) is 5.81. The lowest BCUT2D eigenvalue weighted by atomic mass is 9.76. The molecular formula is C35H29N3O4.